The van der Waals surface area contributed by atoms with E-state index in [2.05, 4.69) is 4.72 Å². The first kappa shape index (κ1) is 22.0. The fourth-order valence-electron chi connectivity index (χ4n) is 3.71. The summed E-state index contributed by atoms with van der Waals surface area (Å²) in [5.74, 6) is -0.0157. The van der Waals surface area contributed by atoms with E-state index in [-0.39, 0.29) is 11.9 Å². The van der Waals surface area contributed by atoms with Crippen LogP contribution in [-0.2, 0) is 14.8 Å². The van der Waals surface area contributed by atoms with Crippen LogP contribution in [0, 0.1) is 5.82 Å². The van der Waals surface area contributed by atoms with Crippen molar-refractivity contribution >= 4 is 15.9 Å². The highest BCUT2D eigenvalue weighted by Gasteiger charge is 2.35. The number of ether oxygens (including phenoxy) is 2. The number of halogens is 1. The van der Waals surface area contributed by atoms with E-state index in [0.717, 1.165) is 30.5 Å². The number of rotatable bonds is 7. The van der Waals surface area contributed by atoms with E-state index in [1.165, 1.54) is 19.1 Å². The van der Waals surface area contributed by atoms with Crippen molar-refractivity contribution in [1.82, 2.24) is 9.62 Å². The molecule has 7 nitrogen and oxygen atoms in total. The van der Waals surface area contributed by atoms with E-state index >= 15 is 0 Å². The van der Waals surface area contributed by atoms with E-state index in [1.807, 2.05) is 6.07 Å². The minimum absolute atomic E-state index is 0.251. The van der Waals surface area contributed by atoms with Crippen molar-refractivity contribution in [3.63, 3.8) is 0 Å². The van der Waals surface area contributed by atoms with E-state index in [0.29, 0.717) is 18.0 Å². The van der Waals surface area contributed by atoms with E-state index in [1.54, 1.807) is 31.3 Å². The molecule has 2 atom stereocenters. The van der Waals surface area contributed by atoms with Gasteiger partial charge in [0.25, 0.3) is 0 Å². The fourth-order valence-corrected chi connectivity index (χ4v) is 4.98. The van der Waals surface area contributed by atoms with Gasteiger partial charge in [-0.15, -0.1) is 0 Å². The van der Waals surface area contributed by atoms with Gasteiger partial charge in [-0.05, 0) is 44.0 Å². The maximum atomic E-state index is 13.9. The Morgan fingerprint density at radius 1 is 1.20 bits per heavy atom. The molecule has 0 aromatic heterocycles. The third-order valence-corrected chi connectivity index (χ3v) is 6.74. The molecule has 3 rings (SSSR count). The highest BCUT2D eigenvalue weighted by Crippen LogP contribution is 2.39. The summed E-state index contributed by atoms with van der Waals surface area (Å²) in [4.78, 5) is 14.2. The summed E-state index contributed by atoms with van der Waals surface area (Å²) in [5, 5.41) is 0. The molecule has 2 aromatic carbocycles. The molecule has 1 aliphatic rings. The summed E-state index contributed by atoms with van der Waals surface area (Å²) >= 11 is 0. The molecule has 162 valence electrons. The Bertz CT molecular complexity index is 1030. The zero-order valence-electron chi connectivity index (χ0n) is 17.1. The first-order valence-corrected chi connectivity index (χ1v) is 11.1. The Labute approximate surface area is 175 Å². The van der Waals surface area contributed by atoms with Gasteiger partial charge in [0.2, 0.25) is 15.9 Å². The normalized spacial score (nSPS) is 17.6. The van der Waals surface area contributed by atoms with Gasteiger partial charge in [0.05, 0.1) is 26.3 Å². The Morgan fingerprint density at radius 2 is 1.93 bits per heavy atom. The second kappa shape index (κ2) is 9.01. The topological polar surface area (TPSA) is 84.9 Å². The lowest BCUT2D eigenvalue weighted by Crippen LogP contribution is -2.46. The zero-order valence-corrected chi connectivity index (χ0v) is 17.9. The molecule has 0 aliphatic carbocycles. The van der Waals surface area contributed by atoms with Crippen molar-refractivity contribution in [2.75, 3.05) is 20.8 Å². The smallest absolute Gasteiger partial charge is 0.244 e. The van der Waals surface area contributed by atoms with E-state index < -0.39 is 26.8 Å². The number of hydrogen-bond acceptors (Lipinski definition) is 5. The first-order chi connectivity index (χ1) is 14.3. The van der Waals surface area contributed by atoms with Crippen LogP contribution in [0.4, 0.5) is 4.39 Å². The van der Waals surface area contributed by atoms with Crippen LogP contribution in [0.15, 0.2) is 47.4 Å². The van der Waals surface area contributed by atoms with Crippen LogP contribution in [0.3, 0.4) is 0 Å². The predicted molar refractivity (Wildman–Crippen MR) is 109 cm³/mol. The molecule has 1 N–H and O–H groups in total. The Hall–Kier alpha value is -2.65. The van der Waals surface area contributed by atoms with Crippen LogP contribution in [0.1, 0.15) is 31.4 Å². The molecular weight excluding hydrogens is 411 g/mol. The maximum Gasteiger partial charge on any atom is 0.244 e. The molecule has 1 heterocycles. The zero-order chi connectivity index (χ0) is 21.9. The molecule has 9 heteroatoms. The van der Waals surface area contributed by atoms with Crippen LogP contribution >= 0.6 is 0 Å². The lowest BCUT2D eigenvalue weighted by Gasteiger charge is -2.29. The van der Waals surface area contributed by atoms with E-state index in [4.69, 9.17) is 9.47 Å². The number of hydrogen-bond donors (Lipinski definition) is 1. The SMILES string of the molecule is COc1ccc([C@H]2CCCN2C(=O)[C@@H](C)NS(=O)(=O)c2ccccc2F)c(OC)c1. The van der Waals surface area contributed by atoms with E-state index in [9.17, 15) is 17.6 Å². The number of methoxy groups -OCH3 is 2. The van der Waals surface area contributed by atoms with Gasteiger partial charge in [0.1, 0.15) is 22.2 Å². The molecule has 0 unspecified atom stereocenters. The molecule has 2 aromatic rings. The number of sulfonamides is 1. The van der Waals surface area contributed by atoms with Gasteiger partial charge >= 0.3 is 0 Å². The molecule has 1 amide bonds. The maximum absolute atomic E-state index is 13.9. The minimum atomic E-state index is -4.18. The number of amides is 1. The first-order valence-electron chi connectivity index (χ1n) is 9.57. The molecule has 0 saturated carbocycles. The van der Waals surface area contributed by atoms with Crippen LogP contribution in [0.5, 0.6) is 11.5 Å². The van der Waals surface area contributed by atoms with Gasteiger partial charge in [-0.25, -0.2) is 12.8 Å². The molecule has 0 spiro atoms. The van der Waals surface area contributed by atoms with Crippen molar-refractivity contribution < 1.29 is 27.1 Å². The summed E-state index contributed by atoms with van der Waals surface area (Å²) in [7, 11) is -1.08. The molecule has 1 fully saturated rings. The summed E-state index contributed by atoms with van der Waals surface area (Å²) in [6.07, 6.45) is 1.50. The van der Waals surface area contributed by atoms with Crippen LogP contribution < -0.4 is 14.2 Å². The number of nitrogens with one attached hydrogen (secondary N) is 1. The average molecular weight is 437 g/mol. The van der Waals surface area contributed by atoms with Gasteiger partial charge in [0.15, 0.2) is 0 Å². The minimum Gasteiger partial charge on any atom is -0.497 e. The number of nitrogens with zero attached hydrogens (tertiary/aromatic N) is 1. The van der Waals surface area contributed by atoms with Crippen LogP contribution in [0.2, 0.25) is 0 Å². The monoisotopic (exact) mass is 436 g/mol. The lowest BCUT2D eigenvalue weighted by molar-refractivity contribution is -0.133. The third kappa shape index (κ3) is 4.41. The molecule has 1 saturated heterocycles. The molecule has 30 heavy (non-hydrogen) atoms. The van der Waals surface area contributed by atoms with Gasteiger partial charge in [-0.1, -0.05) is 12.1 Å². The molecule has 0 bridgehead atoms. The average Bonchev–Trinajstić information content (AvgIpc) is 3.22. The summed E-state index contributed by atoms with van der Waals surface area (Å²) in [5.41, 5.74) is 0.827. The second-order valence-electron chi connectivity index (χ2n) is 7.07. The number of likely N-dealkylation sites (tertiary alicyclic amines) is 1. The third-order valence-electron chi connectivity index (χ3n) is 5.16. The molecular formula is C21H25FN2O5S. The molecule has 0 radical (unpaired) electrons. The Morgan fingerprint density at radius 3 is 2.60 bits per heavy atom. The summed E-state index contributed by atoms with van der Waals surface area (Å²) in [6.45, 7) is 1.95. The quantitative estimate of drug-likeness (QED) is 0.722. The standard InChI is InChI=1S/C21H25FN2O5S/c1-14(23-30(26,27)20-9-5-4-7-17(20)22)21(25)24-12-6-8-18(24)16-11-10-15(28-2)13-19(16)29-3/h4-5,7,9-11,13-14,18,23H,6,8,12H2,1-3H3/t14-,18-/m1/s1. The Balaban J connectivity index is 1.81. The van der Waals surface area contributed by atoms with Crippen molar-refractivity contribution in [1.29, 1.82) is 0 Å². The highest BCUT2D eigenvalue weighted by molar-refractivity contribution is 7.89. The van der Waals surface area contributed by atoms with Crippen molar-refractivity contribution in [2.45, 2.75) is 36.7 Å². The largest absolute Gasteiger partial charge is 0.497 e. The number of benzene rings is 2. The van der Waals surface area contributed by atoms with Crippen LogP contribution in [0.25, 0.3) is 0 Å². The predicted octanol–water partition coefficient (Wildman–Crippen LogP) is 2.87. The van der Waals surface area contributed by atoms with Crippen molar-refractivity contribution in [3.05, 3.63) is 53.8 Å². The highest BCUT2D eigenvalue weighted by atomic mass is 32.2. The van der Waals surface area contributed by atoms with Gasteiger partial charge in [-0.2, -0.15) is 4.72 Å². The number of carbonyl (C=O) groups is 1. The van der Waals surface area contributed by atoms with Gasteiger partial charge in [0, 0.05) is 18.2 Å². The van der Waals surface area contributed by atoms with Gasteiger partial charge in [-0.3, -0.25) is 4.79 Å². The number of carbonyl (C=O) groups excluding carboxylic acids is 1. The van der Waals surface area contributed by atoms with Crippen molar-refractivity contribution in [3.8, 4) is 11.5 Å². The Kier molecular flexibility index (Phi) is 6.62. The van der Waals surface area contributed by atoms with Crippen LogP contribution in [-0.4, -0.2) is 46.0 Å². The van der Waals surface area contributed by atoms with Crippen molar-refractivity contribution in [2.24, 2.45) is 0 Å². The lowest BCUT2D eigenvalue weighted by atomic mass is 10.0. The molecule has 1 aliphatic heterocycles. The van der Waals surface area contributed by atoms with Gasteiger partial charge < -0.3 is 14.4 Å². The summed E-state index contributed by atoms with van der Waals surface area (Å²) < 4.78 is 52.0. The fraction of sp³-hybridized carbons (Fsp3) is 0.381. The second-order valence-corrected chi connectivity index (χ2v) is 8.75. The summed E-state index contributed by atoms with van der Waals surface area (Å²) in [6, 6.07) is 9.14.